The second-order valence-electron chi connectivity index (χ2n) is 4.09. The van der Waals surface area contributed by atoms with Crippen LogP contribution in [0.25, 0.3) is 0 Å². The van der Waals surface area contributed by atoms with E-state index in [4.69, 9.17) is 4.74 Å². The Labute approximate surface area is 100 Å². The van der Waals surface area contributed by atoms with E-state index in [0.717, 1.165) is 5.56 Å². The number of Topliss-reactive ketones (excluding diaryl/α,β-unsaturated/α-hetero) is 1. The third kappa shape index (κ3) is 2.61. The Balaban J connectivity index is 1.97. The van der Waals surface area contributed by atoms with Crippen molar-refractivity contribution >= 4 is 11.8 Å². The molecule has 88 valence electrons. The van der Waals surface area contributed by atoms with Crippen molar-refractivity contribution < 1.29 is 14.3 Å². The van der Waals surface area contributed by atoms with Crippen LogP contribution in [0.2, 0.25) is 0 Å². The van der Waals surface area contributed by atoms with Crippen molar-refractivity contribution in [2.24, 2.45) is 0 Å². The summed E-state index contributed by atoms with van der Waals surface area (Å²) in [5.74, 6) is -0.311. The molecule has 0 heterocycles. The van der Waals surface area contributed by atoms with Gasteiger partial charge in [0.15, 0.2) is 5.78 Å². The molecule has 0 aliphatic heterocycles. The summed E-state index contributed by atoms with van der Waals surface area (Å²) in [6, 6.07) is 9.50. The average Bonchev–Trinajstić information content (AvgIpc) is 2.69. The van der Waals surface area contributed by atoms with Crippen LogP contribution in [-0.2, 0) is 20.9 Å². The van der Waals surface area contributed by atoms with Crippen LogP contribution in [0.3, 0.4) is 0 Å². The fourth-order valence-electron chi connectivity index (χ4n) is 1.85. The lowest BCUT2D eigenvalue weighted by atomic mass is 10.2. The zero-order valence-corrected chi connectivity index (χ0v) is 9.73. The third-order valence-corrected chi connectivity index (χ3v) is 2.93. The summed E-state index contributed by atoms with van der Waals surface area (Å²) in [6.07, 6.45) is 0.944. The Kier molecular flexibility index (Phi) is 3.38. The average molecular weight is 230 g/mol. The van der Waals surface area contributed by atoms with E-state index in [0.29, 0.717) is 24.0 Å². The third-order valence-electron chi connectivity index (χ3n) is 2.93. The number of hydrogen-bond donors (Lipinski definition) is 0. The lowest BCUT2D eigenvalue weighted by molar-refractivity contribution is -0.140. The molecular formula is C14H14O3. The molecule has 0 spiro atoms. The second kappa shape index (κ2) is 4.95. The molecule has 0 N–H and O–H groups in total. The smallest absolute Gasteiger partial charge is 0.334 e. The lowest BCUT2D eigenvalue weighted by Crippen LogP contribution is -2.07. The molecule has 0 saturated heterocycles. The molecule has 0 saturated carbocycles. The van der Waals surface area contributed by atoms with Crippen molar-refractivity contribution in [3.05, 3.63) is 47.0 Å². The van der Waals surface area contributed by atoms with Crippen molar-refractivity contribution in [1.29, 1.82) is 0 Å². The van der Waals surface area contributed by atoms with Gasteiger partial charge in [0.05, 0.1) is 0 Å². The molecule has 3 nitrogen and oxygen atoms in total. The number of hydrogen-bond acceptors (Lipinski definition) is 3. The van der Waals surface area contributed by atoms with Crippen LogP contribution in [0.5, 0.6) is 0 Å². The highest BCUT2D eigenvalue weighted by Gasteiger charge is 2.25. The van der Waals surface area contributed by atoms with Crippen LogP contribution in [0.4, 0.5) is 0 Å². The van der Waals surface area contributed by atoms with E-state index in [1.54, 1.807) is 6.92 Å². The summed E-state index contributed by atoms with van der Waals surface area (Å²) < 4.78 is 5.18. The minimum absolute atomic E-state index is 0.0525. The summed E-state index contributed by atoms with van der Waals surface area (Å²) in [5.41, 5.74) is 2.04. The number of allylic oxidation sites excluding steroid dienone is 1. The van der Waals surface area contributed by atoms with E-state index in [1.165, 1.54) is 0 Å². The zero-order chi connectivity index (χ0) is 12.3. The predicted molar refractivity (Wildman–Crippen MR) is 63.2 cm³/mol. The minimum atomic E-state index is -0.364. The fourth-order valence-corrected chi connectivity index (χ4v) is 1.85. The van der Waals surface area contributed by atoms with Gasteiger partial charge in [0.25, 0.3) is 0 Å². The molecule has 1 aliphatic rings. The minimum Gasteiger partial charge on any atom is -0.457 e. The number of carbonyl (C=O) groups excluding carboxylic acids is 2. The Hall–Kier alpha value is -1.90. The number of ether oxygens (including phenoxy) is 1. The number of rotatable bonds is 3. The first-order valence-electron chi connectivity index (χ1n) is 5.62. The van der Waals surface area contributed by atoms with Crippen molar-refractivity contribution in [1.82, 2.24) is 0 Å². The molecule has 1 aliphatic carbocycles. The Morgan fingerprint density at radius 2 is 1.94 bits per heavy atom. The van der Waals surface area contributed by atoms with Gasteiger partial charge in [-0.15, -0.1) is 0 Å². The molecule has 1 aromatic rings. The summed E-state index contributed by atoms with van der Waals surface area (Å²) in [7, 11) is 0. The largest absolute Gasteiger partial charge is 0.457 e. The molecule has 0 amide bonds. The van der Waals surface area contributed by atoms with Crippen LogP contribution in [0.1, 0.15) is 25.3 Å². The van der Waals surface area contributed by atoms with Gasteiger partial charge in [0, 0.05) is 17.6 Å². The number of benzene rings is 1. The molecule has 0 aromatic heterocycles. The van der Waals surface area contributed by atoms with Gasteiger partial charge in [0.1, 0.15) is 6.61 Å². The van der Waals surface area contributed by atoms with Crippen LogP contribution in [0, 0.1) is 0 Å². The lowest BCUT2D eigenvalue weighted by Gasteiger charge is -2.05. The molecular weight excluding hydrogens is 216 g/mol. The van der Waals surface area contributed by atoms with Gasteiger partial charge >= 0.3 is 5.97 Å². The van der Waals surface area contributed by atoms with Gasteiger partial charge in [-0.05, 0) is 18.9 Å². The predicted octanol–water partition coefficient (Wildman–Crippen LogP) is 2.41. The van der Waals surface area contributed by atoms with Gasteiger partial charge in [-0.2, -0.15) is 0 Å². The Bertz CT molecular complexity index is 472. The van der Waals surface area contributed by atoms with E-state index >= 15 is 0 Å². The van der Waals surface area contributed by atoms with Crippen LogP contribution < -0.4 is 0 Å². The molecule has 0 fully saturated rings. The van der Waals surface area contributed by atoms with Crippen molar-refractivity contribution in [2.75, 3.05) is 0 Å². The highest BCUT2D eigenvalue weighted by molar-refractivity contribution is 6.07. The van der Waals surface area contributed by atoms with Gasteiger partial charge in [-0.25, -0.2) is 4.79 Å². The highest BCUT2D eigenvalue weighted by Crippen LogP contribution is 2.23. The zero-order valence-electron chi connectivity index (χ0n) is 9.73. The van der Waals surface area contributed by atoms with E-state index in [1.807, 2.05) is 30.3 Å². The number of ketones is 1. The standard InChI is InChI=1S/C14H14O3/c1-10-12(7-8-13(10)15)14(16)17-9-11-5-3-2-4-6-11/h2-6H,7-9H2,1H3. The van der Waals surface area contributed by atoms with E-state index < -0.39 is 0 Å². The number of carbonyl (C=O) groups is 2. The topological polar surface area (TPSA) is 43.4 Å². The van der Waals surface area contributed by atoms with E-state index in [-0.39, 0.29) is 18.4 Å². The Morgan fingerprint density at radius 3 is 2.53 bits per heavy atom. The first kappa shape index (κ1) is 11.6. The maximum Gasteiger partial charge on any atom is 0.334 e. The first-order chi connectivity index (χ1) is 8.18. The summed E-state index contributed by atoms with van der Waals surface area (Å²) >= 11 is 0. The summed E-state index contributed by atoms with van der Waals surface area (Å²) in [4.78, 5) is 23.0. The fraction of sp³-hybridized carbons (Fsp3) is 0.286. The van der Waals surface area contributed by atoms with Crippen LogP contribution >= 0.6 is 0 Å². The first-order valence-corrected chi connectivity index (χ1v) is 5.62. The highest BCUT2D eigenvalue weighted by atomic mass is 16.5. The normalized spacial score (nSPS) is 15.2. The van der Waals surface area contributed by atoms with E-state index in [9.17, 15) is 9.59 Å². The molecule has 0 unspecified atom stereocenters. The van der Waals surface area contributed by atoms with Gasteiger partial charge in [-0.3, -0.25) is 4.79 Å². The van der Waals surface area contributed by atoms with E-state index in [2.05, 4.69) is 0 Å². The van der Waals surface area contributed by atoms with Crippen molar-refractivity contribution in [3.8, 4) is 0 Å². The van der Waals surface area contributed by atoms with Gasteiger partial charge < -0.3 is 4.74 Å². The molecule has 1 aromatic carbocycles. The maximum atomic E-state index is 11.7. The molecule has 3 heteroatoms. The van der Waals surface area contributed by atoms with Crippen LogP contribution in [0.15, 0.2) is 41.5 Å². The monoisotopic (exact) mass is 230 g/mol. The van der Waals surface area contributed by atoms with Gasteiger partial charge in [-0.1, -0.05) is 30.3 Å². The van der Waals surface area contributed by atoms with Gasteiger partial charge in [0.2, 0.25) is 0 Å². The van der Waals surface area contributed by atoms with Crippen molar-refractivity contribution in [3.63, 3.8) is 0 Å². The molecule has 17 heavy (non-hydrogen) atoms. The second-order valence-corrected chi connectivity index (χ2v) is 4.09. The maximum absolute atomic E-state index is 11.7. The molecule has 0 atom stereocenters. The van der Waals surface area contributed by atoms with Crippen LogP contribution in [-0.4, -0.2) is 11.8 Å². The SMILES string of the molecule is CC1=C(C(=O)OCc2ccccc2)CCC1=O. The molecule has 0 radical (unpaired) electrons. The summed E-state index contributed by atoms with van der Waals surface area (Å²) in [6.45, 7) is 1.94. The Morgan fingerprint density at radius 1 is 1.24 bits per heavy atom. The summed E-state index contributed by atoms with van der Waals surface area (Å²) in [5, 5.41) is 0. The van der Waals surface area contributed by atoms with Crippen molar-refractivity contribution in [2.45, 2.75) is 26.4 Å². The number of esters is 1. The molecule has 2 rings (SSSR count). The quantitative estimate of drug-likeness (QED) is 0.749. The molecule has 0 bridgehead atoms.